The van der Waals surface area contributed by atoms with Crippen LogP contribution in [0, 0.1) is 5.92 Å². The molecule has 1 aliphatic rings. The lowest BCUT2D eigenvalue weighted by Gasteiger charge is -2.14. The highest BCUT2D eigenvalue weighted by atomic mass is 16.3. The van der Waals surface area contributed by atoms with Crippen LogP contribution < -0.4 is 0 Å². The molecule has 1 aliphatic carbocycles. The van der Waals surface area contributed by atoms with Crippen molar-refractivity contribution in [2.75, 3.05) is 0 Å². The zero-order valence-electron chi connectivity index (χ0n) is 9.84. The fourth-order valence-corrected chi connectivity index (χ4v) is 1.53. The summed E-state index contributed by atoms with van der Waals surface area (Å²) >= 11 is 0. The van der Waals surface area contributed by atoms with Crippen LogP contribution in [0.1, 0.15) is 58.8 Å². The molecule has 0 aliphatic heterocycles. The van der Waals surface area contributed by atoms with Gasteiger partial charge in [0, 0.05) is 0 Å². The van der Waals surface area contributed by atoms with Crippen LogP contribution in [-0.4, -0.2) is 11.2 Å². The van der Waals surface area contributed by atoms with Crippen LogP contribution in [0.15, 0.2) is 12.7 Å². The van der Waals surface area contributed by atoms with E-state index in [1.165, 1.54) is 25.7 Å². The smallest absolute Gasteiger partial charge is 0.0540 e. The maximum absolute atomic E-state index is 8.91. The Bertz CT molecular complexity index is 123. The molecule has 1 heteroatoms. The van der Waals surface area contributed by atoms with Gasteiger partial charge in [-0.25, -0.2) is 0 Å². The molecule has 0 unspecified atom stereocenters. The fraction of sp³-hybridized carbons (Fsp3) is 0.846. The molecule has 0 saturated heterocycles. The highest BCUT2D eigenvalue weighted by molar-refractivity contribution is 4.66. The predicted molar refractivity (Wildman–Crippen MR) is 63.4 cm³/mol. The summed E-state index contributed by atoms with van der Waals surface area (Å²) in [5, 5.41) is 8.91. The van der Waals surface area contributed by atoms with Crippen LogP contribution in [0.25, 0.3) is 0 Å². The van der Waals surface area contributed by atoms with Crippen molar-refractivity contribution in [3.63, 3.8) is 0 Å². The van der Waals surface area contributed by atoms with E-state index in [4.69, 9.17) is 5.11 Å². The van der Waals surface area contributed by atoms with E-state index in [0.29, 0.717) is 0 Å². The van der Waals surface area contributed by atoms with Gasteiger partial charge in [-0.05, 0) is 31.6 Å². The van der Waals surface area contributed by atoms with E-state index in [0.717, 1.165) is 25.2 Å². The molecule has 84 valence electrons. The predicted octanol–water partition coefficient (Wildman–Crippen LogP) is 3.92. The third-order valence-electron chi connectivity index (χ3n) is 2.52. The second-order valence-corrected chi connectivity index (χ2v) is 4.55. The summed E-state index contributed by atoms with van der Waals surface area (Å²) in [7, 11) is 0. The Morgan fingerprint density at radius 1 is 1.29 bits per heavy atom. The zero-order valence-corrected chi connectivity index (χ0v) is 9.84. The minimum atomic E-state index is 0.0359. The molecule has 0 aromatic carbocycles. The first kappa shape index (κ1) is 13.7. The third kappa shape index (κ3) is 9.79. The summed E-state index contributed by atoms with van der Waals surface area (Å²) in [6.45, 7) is 8.08. The Morgan fingerprint density at radius 3 is 2.07 bits per heavy atom. The summed E-state index contributed by atoms with van der Waals surface area (Å²) in [4.78, 5) is 0. The van der Waals surface area contributed by atoms with Crippen molar-refractivity contribution in [3.8, 4) is 0 Å². The summed E-state index contributed by atoms with van der Waals surface area (Å²) in [5.41, 5.74) is 0. The monoisotopic (exact) mass is 198 g/mol. The minimum Gasteiger partial charge on any atom is -0.393 e. The molecule has 0 heterocycles. The van der Waals surface area contributed by atoms with Gasteiger partial charge < -0.3 is 5.11 Å². The van der Waals surface area contributed by atoms with Gasteiger partial charge in [0.1, 0.15) is 0 Å². The van der Waals surface area contributed by atoms with E-state index in [1.54, 1.807) is 0 Å². The number of aliphatic hydroxyl groups is 1. The first-order chi connectivity index (χ1) is 6.66. The van der Waals surface area contributed by atoms with Crippen LogP contribution in [0.5, 0.6) is 0 Å². The second-order valence-electron chi connectivity index (χ2n) is 4.55. The van der Waals surface area contributed by atoms with Gasteiger partial charge >= 0.3 is 0 Å². The number of hydrogen-bond donors (Lipinski definition) is 1. The van der Waals surface area contributed by atoms with E-state index >= 15 is 0 Å². The van der Waals surface area contributed by atoms with Crippen molar-refractivity contribution in [1.82, 2.24) is 0 Å². The molecule has 0 aromatic heterocycles. The molecule has 0 atom stereocenters. The van der Waals surface area contributed by atoms with E-state index in [1.807, 2.05) is 6.08 Å². The Kier molecular flexibility index (Phi) is 9.06. The average Bonchev–Trinajstić information content (AvgIpc) is 2.17. The lowest BCUT2D eigenvalue weighted by atomic mass is 9.98. The largest absolute Gasteiger partial charge is 0.393 e. The molecule has 0 bridgehead atoms. The molecule has 1 rings (SSSR count). The second kappa shape index (κ2) is 9.26. The zero-order chi connectivity index (χ0) is 10.8. The number of aliphatic hydroxyl groups excluding tert-OH is 1. The van der Waals surface area contributed by atoms with Crippen molar-refractivity contribution in [1.29, 1.82) is 0 Å². The Hall–Kier alpha value is -0.300. The standard InChI is InChI=1S/C7H14.C6H12O/c1-4-5-6-7(2)3;7-6-4-2-1-3-5-6/h4,7H,1,5-6H2,2-3H3;6-7H,1-5H2. The van der Waals surface area contributed by atoms with Gasteiger partial charge in [0.05, 0.1) is 6.10 Å². The van der Waals surface area contributed by atoms with Crippen LogP contribution in [0.4, 0.5) is 0 Å². The maximum atomic E-state index is 8.91. The molecule has 0 amide bonds. The molecule has 0 aromatic rings. The SMILES string of the molecule is C=CCCC(C)C.OC1CCCCC1. The van der Waals surface area contributed by atoms with E-state index < -0.39 is 0 Å². The molecule has 14 heavy (non-hydrogen) atoms. The summed E-state index contributed by atoms with van der Waals surface area (Å²) in [6, 6.07) is 0. The lowest BCUT2D eigenvalue weighted by molar-refractivity contribution is 0.130. The van der Waals surface area contributed by atoms with Crippen molar-refractivity contribution in [3.05, 3.63) is 12.7 Å². The van der Waals surface area contributed by atoms with Gasteiger partial charge in [-0.2, -0.15) is 0 Å². The number of hydrogen-bond acceptors (Lipinski definition) is 1. The maximum Gasteiger partial charge on any atom is 0.0540 e. The molecule has 1 fully saturated rings. The highest BCUT2D eigenvalue weighted by Gasteiger charge is 2.07. The lowest BCUT2D eigenvalue weighted by Crippen LogP contribution is -2.09. The van der Waals surface area contributed by atoms with Crippen LogP contribution in [-0.2, 0) is 0 Å². The summed E-state index contributed by atoms with van der Waals surface area (Å²) < 4.78 is 0. The van der Waals surface area contributed by atoms with Crippen molar-refractivity contribution >= 4 is 0 Å². The number of allylic oxidation sites excluding steroid dienone is 1. The van der Waals surface area contributed by atoms with Gasteiger partial charge in [0.25, 0.3) is 0 Å². The molecule has 1 N–H and O–H groups in total. The molecular formula is C13H26O. The topological polar surface area (TPSA) is 20.2 Å². The van der Waals surface area contributed by atoms with Gasteiger partial charge in [0.2, 0.25) is 0 Å². The molecule has 0 radical (unpaired) electrons. The first-order valence-electron chi connectivity index (χ1n) is 5.95. The highest BCUT2D eigenvalue weighted by Crippen LogP contribution is 2.16. The molecular weight excluding hydrogens is 172 g/mol. The Morgan fingerprint density at radius 2 is 1.86 bits per heavy atom. The Labute approximate surface area is 89.2 Å². The van der Waals surface area contributed by atoms with Crippen LogP contribution in [0.3, 0.4) is 0 Å². The summed E-state index contributed by atoms with van der Waals surface area (Å²) in [6.07, 6.45) is 10.3. The quantitative estimate of drug-likeness (QED) is 0.681. The van der Waals surface area contributed by atoms with E-state index in [2.05, 4.69) is 20.4 Å². The van der Waals surface area contributed by atoms with E-state index in [-0.39, 0.29) is 6.10 Å². The molecule has 1 nitrogen and oxygen atoms in total. The third-order valence-corrected chi connectivity index (χ3v) is 2.52. The van der Waals surface area contributed by atoms with Crippen molar-refractivity contribution in [2.24, 2.45) is 5.92 Å². The molecule has 1 saturated carbocycles. The average molecular weight is 198 g/mol. The van der Waals surface area contributed by atoms with Gasteiger partial charge in [-0.3, -0.25) is 0 Å². The fourth-order valence-electron chi connectivity index (χ4n) is 1.53. The van der Waals surface area contributed by atoms with Crippen molar-refractivity contribution < 1.29 is 5.11 Å². The van der Waals surface area contributed by atoms with Crippen LogP contribution >= 0.6 is 0 Å². The van der Waals surface area contributed by atoms with Gasteiger partial charge in [-0.15, -0.1) is 6.58 Å². The van der Waals surface area contributed by atoms with Gasteiger partial charge in [0.15, 0.2) is 0 Å². The number of rotatable bonds is 3. The normalized spacial score (nSPS) is 17.4. The van der Waals surface area contributed by atoms with Gasteiger partial charge in [-0.1, -0.05) is 39.2 Å². The van der Waals surface area contributed by atoms with Crippen molar-refractivity contribution in [2.45, 2.75) is 64.9 Å². The van der Waals surface area contributed by atoms with Crippen LogP contribution in [0.2, 0.25) is 0 Å². The van der Waals surface area contributed by atoms with E-state index in [9.17, 15) is 0 Å². The molecule has 0 spiro atoms. The summed E-state index contributed by atoms with van der Waals surface area (Å²) in [5.74, 6) is 0.831. The first-order valence-corrected chi connectivity index (χ1v) is 5.95. The Balaban J connectivity index is 0.000000241. The minimum absolute atomic E-state index is 0.0359.